The Morgan fingerprint density at radius 3 is 2.41 bits per heavy atom. The molecule has 1 aliphatic heterocycles. The molecule has 1 heterocycles. The van der Waals surface area contributed by atoms with Crippen molar-refractivity contribution in [1.82, 2.24) is 9.80 Å². The lowest BCUT2D eigenvalue weighted by Gasteiger charge is -2.30. The summed E-state index contributed by atoms with van der Waals surface area (Å²) in [5, 5.41) is 10.4. The first-order valence-electron chi connectivity index (χ1n) is 9.07. The van der Waals surface area contributed by atoms with Crippen molar-refractivity contribution in [3.05, 3.63) is 70.7 Å². The van der Waals surface area contributed by atoms with Crippen molar-refractivity contribution in [3.8, 4) is 0 Å². The van der Waals surface area contributed by atoms with Gasteiger partial charge in [-0.25, -0.2) is 0 Å². The molecule has 1 aliphatic rings. The molecule has 0 aliphatic carbocycles. The zero-order valence-electron chi connectivity index (χ0n) is 15.1. The Morgan fingerprint density at radius 1 is 1.04 bits per heavy atom. The van der Waals surface area contributed by atoms with Crippen molar-refractivity contribution >= 4 is 23.4 Å². The molecule has 2 amide bonds. The van der Waals surface area contributed by atoms with Gasteiger partial charge in [0.1, 0.15) is 0 Å². The summed E-state index contributed by atoms with van der Waals surface area (Å²) in [5.74, 6) is -0.138. The lowest BCUT2D eigenvalue weighted by atomic mass is 10.0. The molecular formula is C21H23ClN2O3. The molecule has 3 rings (SSSR count). The van der Waals surface area contributed by atoms with Crippen LogP contribution >= 0.6 is 11.6 Å². The van der Waals surface area contributed by atoms with Crippen molar-refractivity contribution in [2.75, 3.05) is 26.2 Å². The molecule has 0 spiro atoms. The van der Waals surface area contributed by atoms with E-state index in [1.807, 2.05) is 30.3 Å². The predicted octanol–water partition coefficient (Wildman–Crippen LogP) is 2.62. The van der Waals surface area contributed by atoms with Gasteiger partial charge >= 0.3 is 0 Å². The molecule has 0 saturated carbocycles. The SMILES string of the molecule is O=C(c1ccc(Cl)cc1)N1CCC(=O)N([C@H](CO)Cc2ccccc2)CC1. The molecule has 1 fully saturated rings. The third kappa shape index (κ3) is 4.87. The number of amides is 2. The summed E-state index contributed by atoms with van der Waals surface area (Å²) in [5.41, 5.74) is 1.63. The number of aliphatic hydroxyl groups excluding tert-OH is 1. The first-order valence-corrected chi connectivity index (χ1v) is 9.45. The summed E-state index contributed by atoms with van der Waals surface area (Å²) in [4.78, 5) is 28.7. The van der Waals surface area contributed by atoms with Gasteiger partial charge in [-0.15, -0.1) is 0 Å². The second-order valence-corrected chi connectivity index (χ2v) is 7.10. The lowest BCUT2D eigenvalue weighted by Crippen LogP contribution is -2.45. The lowest BCUT2D eigenvalue weighted by molar-refractivity contribution is -0.133. The van der Waals surface area contributed by atoms with E-state index in [9.17, 15) is 14.7 Å². The van der Waals surface area contributed by atoms with E-state index in [1.165, 1.54) is 0 Å². The van der Waals surface area contributed by atoms with Crippen molar-refractivity contribution in [3.63, 3.8) is 0 Å². The third-order valence-corrected chi connectivity index (χ3v) is 5.12. The van der Waals surface area contributed by atoms with Crippen molar-refractivity contribution in [1.29, 1.82) is 0 Å². The Bertz CT molecular complexity index is 780. The molecular weight excluding hydrogens is 364 g/mol. The Morgan fingerprint density at radius 2 is 1.74 bits per heavy atom. The van der Waals surface area contributed by atoms with Crippen LogP contribution in [0.15, 0.2) is 54.6 Å². The Labute approximate surface area is 164 Å². The molecule has 27 heavy (non-hydrogen) atoms. The van der Waals surface area contributed by atoms with E-state index in [-0.39, 0.29) is 30.9 Å². The molecule has 0 radical (unpaired) electrons. The van der Waals surface area contributed by atoms with Crippen LogP contribution in [0.3, 0.4) is 0 Å². The first-order chi connectivity index (χ1) is 13.1. The van der Waals surface area contributed by atoms with Gasteiger partial charge < -0.3 is 14.9 Å². The van der Waals surface area contributed by atoms with Gasteiger partial charge in [-0.05, 0) is 36.2 Å². The normalized spacial score (nSPS) is 16.1. The highest BCUT2D eigenvalue weighted by molar-refractivity contribution is 6.30. The Hall–Kier alpha value is -2.37. The monoisotopic (exact) mass is 386 g/mol. The highest BCUT2D eigenvalue weighted by Crippen LogP contribution is 2.16. The molecule has 142 valence electrons. The van der Waals surface area contributed by atoms with Crippen LogP contribution in [0.2, 0.25) is 5.02 Å². The molecule has 5 nitrogen and oxygen atoms in total. The van der Waals surface area contributed by atoms with Crippen LogP contribution in [0.25, 0.3) is 0 Å². The topological polar surface area (TPSA) is 60.9 Å². The van der Waals surface area contributed by atoms with Crippen LogP contribution in [-0.4, -0.2) is 59.0 Å². The van der Waals surface area contributed by atoms with Gasteiger partial charge in [0.25, 0.3) is 5.91 Å². The number of rotatable bonds is 5. The number of hydrogen-bond acceptors (Lipinski definition) is 3. The van der Waals surface area contributed by atoms with Gasteiger partial charge in [0.2, 0.25) is 5.91 Å². The summed E-state index contributed by atoms with van der Waals surface area (Å²) >= 11 is 5.88. The molecule has 0 bridgehead atoms. The number of hydrogen-bond donors (Lipinski definition) is 1. The quantitative estimate of drug-likeness (QED) is 0.859. The fourth-order valence-corrected chi connectivity index (χ4v) is 3.49. The minimum absolute atomic E-state index is 0.0311. The van der Waals surface area contributed by atoms with Crippen LogP contribution in [0.4, 0.5) is 0 Å². The summed E-state index contributed by atoms with van der Waals surface area (Å²) < 4.78 is 0. The molecule has 1 N–H and O–H groups in total. The fourth-order valence-electron chi connectivity index (χ4n) is 3.36. The van der Waals surface area contributed by atoms with Gasteiger partial charge in [-0.2, -0.15) is 0 Å². The number of nitrogens with zero attached hydrogens (tertiary/aromatic N) is 2. The molecule has 6 heteroatoms. The van der Waals surface area contributed by atoms with Crippen LogP contribution in [0, 0.1) is 0 Å². The largest absolute Gasteiger partial charge is 0.394 e. The van der Waals surface area contributed by atoms with E-state index in [1.54, 1.807) is 34.1 Å². The summed E-state index contributed by atoms with van der Waals surface area (Å²) in [6, 6.07) is 16.3. The maximum atomic E-state index is 12.7. The van der Waals surface area contributed by atoms with Gasteiger partial charge in [0, 0.05) is 36.6 Å². The molecule has 2 aromatic carbocycles. The highest BCUT2D eigenvalue weighted by atomic mass is 35.5. The highest BCUT2D eigenvalue weighted by Gasteiger charge is 2.29. The smallest absolute Gasteiger partial charge is 0.253 e. The van der Waals surface area contributed by atoms with Crippen LogP contribution in [-0.2, 0) is 11.2 Å². The summed E-state index contributed by atoms with van der Waals surface area (Å²) in [6.07, 6.45) is 0.846. The number of halogens is 1. The van der Waals surface area contributed by atoms with Crippen molar-refractivity contribution in [2.24, 2.45) is 0 Å². The molecule has 2 aromatic rings. The predicted molar refractivity (Wildman–Crippen MR) is 105 cm³/mol. The maximum Gasteiger partial charge on any atom is 0.253 e. The maximum absolute atomic E-state index is 12.7. The van der Waals surface area contributed by atoms with Gasteiger partial charge in [0.15, 0.2) is 0 Å². The Balaban J connectivity index is 1.68. The van der Waals surface area contributed by atoms with Crippen molar-refractivity contribution < 1.29 is 14.7 Å². The van der Waals surface area contributed by atoms with E-state index in [0.717, 1.165) is 5.56 Å². The minimum atomic E-state index is -0.287. The van der Waals surface area contributed by atoms with Gasteiger partial charge in [-0.3, -0.25) is 9.59 Å². The van der Waals surface area contributed by atoms with Crippen LogP contribution in [0.5, 0.6) is 0 Å². The second-order valence-electron chi connectivity index (χ2n) is 6.66. The summed E-state index contributed by atoms with van der Waals surface area (Å²) in [6.45, 7) is 1.13. The molecule has 0 aromatic heterocycles. The van der Waals surface area contributed by atoms with Gasteiger partial charge in [0.05, 0.1) is 12.6 Å². The third-order valence-electron chi connectivity index (χ3n) is 4.87. The average Bonchev–Trinajstić information content (AvgIpc) is 2.89. The standard InChI is InChI=1S/C21H23ClN2O3/c22-18-8-6-17(7-9-18)21(27)23-11-10-20(26)24(13-12-23)19(15-25)14-16-4-2-1-3-5-16/h1-9,19,25H,10-15H2/t19-/m0/s1. The van der Waals surface area contributed by atoms with Crippen LogP contribution < -0.4 is 0 Å². The zero-order valence-corrected chi connectivity index (χ0v) is 15.8. The number of carbonyl (C=O) groups excluding carboxylic acids is 2. The second kappa shape index (κ2) is 9.02. The number of benzene rings is 2. The molecule has 1 saturated heterocycles. The fraction of sp³-hybridized carbons (Fsp3) is 0.333. The average molecular weight is 387 g/mol. The molecule has 1 atom stereocenters. The minimum Gasteiger partial charge on any atom is -0.394 e. The van der Waals surface area contributed by atoms with E-state index in [0.29, 0.717) is 36.6 Å². The van der Waals surface area contributed by atoms with E-state index >= 15 is 0 Å². The zero-order chi connectivity index (χ0) is 19.2. The van der Waals surface area contributed by atoms with E-state index in [2.05, 4.69) is 0 Å². The number of aliphatic hydroxyl groups is 1. The Kier molecular flexibility index (Phi) is 6.48. The van der Waals surface area contributed by atoms with Crippen molar-refractivity contribution in [2.45, 2.75) is 18.9 Å². The molecule has 0 unspecified atom stereocenters. The van der Waals surface area contributed by atoms with Crippen LogP contribution in [0.1, 0.15) is 22.3 Å². The van der Waals surface area contributed by atoms with Gasteiger partial charge in [-0.1, -0.05) is 41.9 Å². The summed E-state index contributed by atoms with van der Waals surface area (Å²) in [7, 11) is 0. The first kappa shape index (κ1) is 19.4. The van der Waals surface area contributed by atoms with E-state index in [4.69, 9.17) is 11.6 Å². The number of carbonyl (C=O) groups is 2. The van der Waals surface area contributed by atoms with E-state index < -0.39 is 0 Å².